The fourth-order valence-corrected chi connectivity index (χ4v) is 3.75. The van der Waals surface area contributed by atoms with E-state index in [0.717, 1.165) is 35.2 Å². The SMILES string of the molecule is COc1cccc(C2(C(=O)Nc3ccc4c(ccn4C(C)(C)C)c3)CC2)c1.[HH]. The van der Waals surface area contributed by atoms with Gasteiger partial charge in [-0.15, -0.1) is 0 Å². The molecule has 1 aromatic heterocycles. The Morgan fingerprint density at radius 1 is 1.15 bits per heavy atom. The highest BCUT2D eigenvalue weighted by Gasteiger charge is 2.51. The number of nitrogens with zero attached hydrogens (tertiary/aromatic N) is 1. The maximum absolute atomic E-state index is 13.0. The molecule has 0 spiro atoms. The molecule has 4 rings (SSSR count). The molecule has 1 fully saturated rings. The van der Waals surface area contributed by atoms with Crippen molar-refractivity contribution in [1.29, 1.82) is 0 Å². The number of benzene rings is 2. The fraction of sp³-hybridized carbons (Fsp3) is 0.348. The minimum atomic E-state index is -0.430. The summed E-state index contributed by atoms with van der Waals surface area (Å²) in [4.78, 5) is 13.0. The van der Waals surface area contributed by atoms with Gasteiger partial charge in [0.05, 0.1) is 12.5 Å². The van der Waals surface area contributed by atoms with Crippen molar-refractivity contribution in [1.82, 2.24) is 4.57 Å². The van der Waals surface area contributed by atoms with Gasteiger partial charge in [-0.3, -0.25) is 4.79 Å². The van der Waals surface area contributed by atoms with E-state index in [-0.39, 0.29) is 12.9 Å². The van der Waals surface area contributed by atoms with Gasteiger partial charge in [0.15, 0.2) is 0 Å². The van der Waals surface area contributed by atoms with Crippen LogP contribution in [0.3, 0.4) is 0 Å². The van der Waals surface area contributed by atoms with E-state index in [9.17, 15) is 4.79 Å². The van der Waals surface area contributed by atoms with Crippen molar-refractivity contribution in [2.75, 3.05) is 12.4 Å². The summed E-state index contributed by atoms with van der Waals surface area (Å²) in [7, 11) is 1.65. The molecule has 1 heterocycles. The van der Waals surface area contributed by atoms with Crippen LogP contribution in [0, 0.1) is 0 Å². The molecule has 1 N–H and O–H groups in total. The van der Waals surface area contributed by atoms with Crippen LogP contribution in [0.5, 0.6) is 5.75 Å². The Hall–Kier alpha value is -2.75. The van der Waals surface area contributed by atoms with E-state index >= 15 is 0 Å². The van der Waals surface area contributed by atoms with Gasteiger partial charge < -0.3 is 14.6 Å². The predicted molar refractivity (Wildman–Crippen MR) is 112 cm³/mol. The zero-order valence-corrected chi connectivity index (χ0v) is 16.4. The molecule has 4 heteroatoms. The fourth-order valence-electron chi connectivity index (χ4n) is 3.75. The molecule has 3 aromatic rings. The van der Waals surface area contributed by atoms with Crippen LogP contribution in [0.15, 0.2) is 54.7 Å². The van der Waals surface area contributed by atoms with Crippen LogP contribution < -0.4 is 10.1 Å². The molecule has 1 saturated carbocycles. The van der Waals surface area contributed by atoms with E-state index in [0.29, 0.717) is 0 Å². The number of carbonyl (C=O) groups is 1. The number of ether oxygens (including phenoxy) is 1. The first-order chi connectivity index (χ1) is 12.8. The topological polar surface area (TPSA) is 43.3 Å². The first-order valence-electron chi connectivity index (χ1n) is 9.41. The molecule has 1 aliphatic carbocycles. The lowest BCUT2D eigenvalue weighted by Gasteiger charge is -2.22. The van der Waals surface area contributed by atoms with Crippen molar-refractivity contribution < 1.29 is 11.0 Å². The van der Waals surface area contributed by atoms with Crippen LogP contribution in [0.2, 0.25) is 0 Å². The highest BCUT2D eigenvalue weighted by atomic mass is 16.5. The molecule has 1 amide bonds. The van der Waals surface area contributed by atoms with Gasteiger partial charge in [0, 0.05) is 29.8 Å². The van der Waals surface area contributed by atoms with Crippen LogP contribution in [0.25, 0.3) is 10.9 Å². The first-order valence-corrected chi connectivity index (χ1v) is 9.41. The van der Waals surface area contributed by atoms with E-state index in [1.807, 2.05) is 30.3 Å². The molecule has 4 nitrogen and oxygen atoms in total. The number of anilines is 1. The van der Waals surface area contributed by atoms with Gasteiger partial charge in [0.2, 0.25) is 5.91 Å². The third-order valence-corrected chi connectivity index (χ3v) is 5.48. The Bertz CT molecular complexity index is 1010. The normalized spacial score (nSPS) is 15.6. The van der Waals surface area contributed by atoms with Crippen molar-refractivity contribution in [3.05, 3.63) is 60.3 Å². The number of hydrogen-bond donors (Lipinski definition) is 1. The van der Waals surface area contributed by atoms with E-state index in [4.69, 9.17) is 4.74 Å². The van der Waals surface area contributed by atoms with E-state index in [1.54, 1.807) is 7.11 Å². The Morgan fingerprint density at radius 3 is 2.59 bits per heavy atom. The van der Waals surface area contributed by atoms with Crippen LogP contribution in [-0.2, 0) is 15.7 Å². The van der Waals surface area contributed by atoms with Gasteiger partial charge in [-0.1, -0.05) is 12.1 Å². The summed E-state index contributed by atoms with van der Waals surface area (Å²) in [5, 5.41) is 4.27. The lowest BCUT2D eigenvalue weighted by molar-refractivity contribution is -0.118. The smallest absolute Gasteiger partial charge is 0.235 e. The third-order valence-electron chi connectivity index (χ3n) is 5.48. The van der Waals surface area contributed by atoms with Crippen molar-refractivity contribution >= 4 is 22.5 Å². The second-order valence-corrected chi connectivity index (χ2v) is 8.40. The minimum Gasteiger partial charge on any atom is -0.497 e. The summed E-state index contributed by atoms with van der Waals surface area (Å²) in [5.74, 6) is 0.849. The average Bonchev–Trinajstić information content (AvgIpc) is 3.34. The monoisotopic (exact) mass is 364 g/mol. The summed E-state index contributed by atoms with van der Waals surface area (Å²) in [5.41, 5.74) is 2.64. The van der Waals surface area contributed by atoms with Crippen molar-refractivity contribution in [3.63, 3.8) is 0 Å². The summed E-state index contributed by atoms with van der Waals surface area (Å²) in [6.45, 7) is 6.56. The Balaban J connectivity index is 0.00000225. The maximum Gasteiger partial charge on any atom is 0.235 e. The lowest BCUT2D eigenvalue weighted by atomic mass is 9.94. The molecule has 0 saturated heterocycles. The van der Waals surface area contributed by atoms with Crippen molar-refractivity contribution in [2.45, 2.75) is 44.6 Å². The number of nitrogens with one attached hydrogen (secondary N) is 1. The summed E-state index contributed by atoms with van der Waals surface area (Å²) >= 11 is 0. The van der Waals surface area contributed by atoms with Gasteiger partial charge in [-0.05, 0) is 75.6 Å². The second-order valence-electron chi connectivity index (χ2n) is 8.40. The van der Waals surface area contributed by atoms with Crippen LogP contribution >= 0.6 is 0 Å². The van der Waals surface area contributed by atoms with E-state index in [2.05, 4.69) is 55.1 Å². The highest BCUT2D eigenvalue weighted by Crippen LogP contribution is 2.49. The highest BCUT2D eigenvalue weighted by molar-refractivity contribution is 6.02. The molecule has 2 aromatic carbocycles. The largest absolute Gasteiger partial charge is 0.497 e. The second kappa shape index (κ2) is 6.15. The number of methoxy groups -OCH3 is 1. The van der Waals surface area contributed by atoms with Gasteiger partial charge in [0.25, 0.3) is 0 Å². The van der Waals surface area contributed by atoms with Gasteiger partial charge >= 0.3 is 0 Å². The Labute approximate surface area is 161 Å². The number of hydrogen-bond acceptors (Lipinski definition) is 2. The predicted octanol–water partition coefficient (Wildman–Crippen LogP) is 5.32. The number of amides is 1. The minimum absolute atomic E-state index is 0. The molecule has 0 bridgehead atoms. The van der Waals surface area contributed by atoms with Crippen LogP contribution in [-0.4, -0.2) is 17.6 Å². The standard InChI is InChI=1S/C23H26N2O2.H2/c1-22(2,3)25-13-10-16-14-18(8-9-20(16)25)24-21(26)23(11-12-23)17-6-5-7-19(15-17)27-4;/h5-10,13-15H,11-12H2,1-4H3,(H,24,26);1H. The molecule has 1 aliphatic rings. The first kappa shape index (κ1) is 17.7. The molecule has 27 heavy (non-hydrogen) atoms. The molecular formula is C23H28N2O2. The van der Waals surface area contributed by atoms with E-state index < -0.39 is 5.41 Å². The zero-order valence-electron chi connectivity index (χ0n) is 16.4. The van der Waals surface area contributed by atoms with Gasteiger partial charge in [0.1, 0.15) is 5.75 Å². The quantitative estimate of drug-likeness (QED) is 0.681. The summed E-state index contributed by atoms with van der Waals surface area (Å²) in [6.07, 6.45) is 3.85. The number of rotatable bonds is 4. The van der Waals surface area contributed by atoms with Gasteiger partial charge in [-0.25, -0.2) is 0 Å². The van der Waals surface area contributed by atoms with Crippen molar-refractivity contribution in [2.24, 2.45) is 0 Å². The molecular weight excluding hydrogens is 336 g/mol. The Kier molecular flexibility index (Phi) is 4.02. The van der Waals surface area contributed by atoms with Crippen molar-refractivity contribution in [3.8, 4) is 5.75 Å². The summed E-state index contributed by atoms with van der Waals surface area (Å²) < 4.78 is 7.58. The number of carbonyl (C=O) groups excluding carboxylic acids is 1. The Morgan fingerprint density at radius 2 is 1.93 bits per heavy atom. The lowest BCUT2D eigenvalue weighted by Crippen LogP contribution is -2.27. The summed E-state index contributed by atoms with van der Waals surface area (Å²) in [6, 6.07) is 16.1. The number of aromatic nitrogens is 1. The molecule has 0 aliphatic heterocycles. The molecule has 0 atom stereocenters. The maximum atomic E-state index is 13.0. The molecule has 142 valence electrons. The van der Waals surface area contributed by atoms with Gasteiger partial charge in [-0.2, -0.15) is 0 Å². The third kappa shape index (κ3) is 3.09. The zero-order chi connectivity index (χ0) is 19.2. The molecule has 0 unspecified atom stereocenters. The number of fused-ring (bicyclic) bond motifs is 1. The van der Waals surface area contributed by atoms with E-state index in [1.165, 1.54) is 5.52 Å². The van der Waals surface area contributed by atoms with Crippen LogP contribution in [0.1, 0.15) is 40.6 Å². The average molecular weight is 364 g/mol. The molecule has 0 radical (unpaired) electrons. The van der Waals surface area contributed by atoms with Crippen LogP contribution in [0.4, 0.5) is 5.69 Å².